The molecule has 0 aliphatic carbocycles. The molecular weight excluding hydrogens is 214 g/mol. The molecule has 2 rings (SSSR count). The molecule has 0 aromatic heterocycles. The Morgan fingerprint density at radius 3 is 2.65 bits per heavy atom. The average Bonchev–Trinajstić information content (AvgIpc) is 2.47. The minimum atomic E-state index is -0.931. The minimum Gasteiger partial charge on any atom is -0.478 e. The Morgan fingerprint density at radius 2 is 2.00 bits per heavy atom. The van der Waals surface area contributed by atoms with Crippen molar-refractivity contribution in [2.45, 2.75) is 26.2 Å². The molecule has 1 aliphatic rings. The van der Waals surface area contributed by atoms with Gasteiger partial charge in [-0.05, 0) is 13.8 Å². The van der Waals surface area contributed by atoms with Crippen LogP contribution >= 0.6 is 0 Å². The molecule has 1 N–H and O–H groups in total. The minimum absolute atomic E-state index is 0.0561. The largest absolute Gasteiger partial charge is 0.478 e. The zero-order chi connectivity index (χ0) is 12.6. The lowest BCUT2D eigenvalue weighted by Crippen LogP contribution is -2.25. The first kappa shape index (κ1) is 11.6. The molecule has 0 radical (unpaired) electrons. The van der Waals surface area contributed by atoms with E-state index in [0.29, 0.717) is 0 Å². The first-order valence-corrected chi connectivity index (χ1v) is 5.58. The van der Waals surface area contributed by atoms with E-state index in [1.807, 2.05) is 29.7 Å². The zero-order valence-corrected chi connectivity index (χ0v) is 10.3. The summed E-state index contributed by atoms with van der Waals surface area (Å²) in [4.78, 5) is 10.6. The van der Waals surface area contributed by atoms with Gasteiger partial charge in [-0.3, -0.25) is 0 Å². The fourth-order valence-corrected chi connectivity index (χ4v) is 2.22. The third-order valence-corrected chi connectivity index (χ3v) is 3.47. The molecule has 0 saturated heterocycles. The molecule has 1 aromatic rings. The number of rotatable bonds is 2. The summed E-state index contributed by atoms with van der Waals surface area (Å²) in [5, 5.41) is 8.72. The molecule has 3 nitrogen and oxygen atoms in total. The van der Waals surface area contributed by atoms with Crippen LogP contribution in [0.25, 0.3) is 0 Å². The van der Waals surface area contributed by atoms with Gasteiger partial charge in [0, 0.05) is 18.6 Å². The second kappa shape index (κ2) is 3.84. The second-order valence-corrected chi connectivity index (χ2v) is 4.75. The maximum absolute atomic E-state index is 10.6. The lowest BCUT2D eigenvalue weighted by molar-refractivity contribution is -0.358. The van der Waals surface area contributed by atoms with Crippen molar-refractivity contribution in [2.24, 2.45) is 0 Å². The van der Waals surface area contributed by atoms with Crippen LogP contribution in [0.4, 0.5) is 5.69 Å². The van der Waals surface area contributed by atoms with E-state index in [1.165, 1.54) is 11.6 Å². The molecule has 17 heavy (non-hydrogen) atoms. The van der Waals surface area contributed by atoms with Gasteiger partial charge in [0.25, 0.3) is 0 Å². The van der Waals surface area contributed by atoms with E-state index in [0.717, 1.165) is 11.4 Å². The van der Waals surface area contributed by atoms with Crippen LogP contribution in [0.2, 0.25) is 0 Å². The van der Waals surface area contributed by atoms with Gasteiger partial charge in [0.15, 0.2) is 11.9 Å². The van der Waals surface area contributed by atoms with Gasteiger partial charge in [-0.25, -0.2) is 4.79 Å². The molecule has 0 spiro atoms. The summed E-state index contributed by atoms with van der Waals surface area (Å²) in [7, 11) is 0. The van der Waals surface area contributed by atoms with E-state index in [9.17, 15) is 4.79 Å². The SMILES string of the molecule is CC1=[N+](C=CC(=O)O)c2ccccc2C1(C)C. The third kappa shape index (κ3) is 1.78. The standard InChI is InChI=1S/C14H15NO2/c1-10-14(2,3)11-6-4-5-7-12(11)15(10)9-8-13(16)17/h4-9H,1-3H3/p+1. The molecule has 1 heterocycles. The van der Waals surface area contributed by atoms with E-state index < -0.39 is 5.97 Å². The van der Waals surface area contributed by atoms with Gasteiger partial charge in [0.2, 0.25) is 5.69 Å². The monoisotopic (exact) mass is 230 g/mol. The molecular formula is C14H16NO2+. The normalized spacial score (nSPS) is 17.6. The number of carbonyl (C=O) groups is 1. The predicted octanol–water partition coefficient (Wildman–Crippen LogP) is 2.68. The summed E-state index contributed by atoms with van der Waals surface area (Å²) < 4.78 is 1.95. The second-order valence-electron chi connectivity index (χ2n) is 4.75. The molecule has 0 unspecified atom stereocenters. The van der Waals surface area contributed by atoms with E-state index in [1.54, 1.807) is 6.20 Å². The van der Waals surface area contributed by atoms with Crippen molar-refractivity contribution in [2.75, 3.05) is 0 Å². The Kier molecular flexibility index (Phi) is 2.62. The van der Waals surface area contributed by atoms with Gasteiger partial charge in [-0.1, -0.05) is 18.2 Å². The Hall–Kier alpha value is -1.90. The molecule has 88 valence electrons. The zero-order valence-electron chi connectivity index (χ0n) is 10.3. The van der Waals surface area contributed by atoms with E-state index >= 15 is 0 Å². The first-order chi connectivity index (χ1) is 7.94. The third-order valence-electron chi connectivity index (χ3n) is 3.47. The lowest BCUT2D eigenvalue weighted by atomic mass is 9.82. The molecule has 3 heteroatoms. The van der Waals surface area contributed by atoms with Gasteiger partial charge in [0.05, 0.1) is 11.5 Å². The van der Waals surface area contributed by atoms with Crippen molar-refractivity contribution < 1.29 is 14.5 Å². The Morgan fingerprint density at radius 1 is 1.35 bits per heavy atom. The number of fused-ring (bicyclic) bond motifs is 1. The van der Waals surface area contributed by atoms with Gasteiger partial charge in [0.1, 0.15) is 0 Å². The average molecular weight is 230 g/mol. The van der Waals surface area contributed by atoms with Crippen LogP contribution in [0.1, 0.15) is 26.3 Å². The molecule has 1 aliphatic heterocycles. The van der Waals surface area contributed by atoms with Crippen LogP contribution in [-0.2, 0) is 10.2 Å². The highest BCUT2D eigenvalue weighted by Crippen LogP contribution is 2.39. The van der Waals surface area contributed by atoms with Crippen molar-refractivity contribution in [3.05, 3.63) is 42.1 Å². The predicted molar refractivity (Wildman–Crippen MR) is 66.8 cm³/mol. The summed E-state index contributed by atoms with van der Waals surface area (Å²) in [6.45, 7) is 6.33. The van der Waals surface area contributed by atoms with E-state index in [2.05, 4.69) is 19.9 Å². The summed E-state index contributed by atoms with van der Waals surface area (Å²) in [6, 6.07) is 8.08. The van der Waals surface area contributed by atoms with Crippen molar-refractivity contribution in [1.82, 2.24) is 0 Å². The fourth-order valence-electron chi connectivity index (χ4n) is 2.22. The number of carboxylic acid groups (broad SMARTS) is 1. The van der Waals surface area contributed by atoms with Crippen LogP contribution < -0.4 is 0 Å². The van der Waals surface area contributed by atoms with Crippen LogP contribution in [0.3, 0.4) is 0 Å². The van der Waals surface area contributed by atoms with E-state index in [4.69, 9.17) is 5.11 Å². The van der Waals surface area contributed by atoms with Gasteiger partial charge < -0.3 is 5.11 Å². The van der Waals surface area contributed by atoms with Gasteiger partial charge in [-0.15, -0.1) is 0 Å². The van der Waals surface area contributed by atoms with Crippen molar-refractivity contribution in [1.29, 1.82) is 0 Å². The quantitative estimate of drug-likeness (QED) is 0.626. The maximum Gasteiger partial charge on any atom is 0.334 e. The molecule has 0 fully saturated rings. The van der Waals surface area contributed by atoms with Gasteiger partial charge in [-0.2, -0.15) is 4.58 Å². The highest BCUT2D eigenvalue weighted by molar-refractivity contribution is 5.93. The topological polar surface area (TPSA) is 40.3 Å². The Bertz CT molecular complexity index is 539. The number of carboxylic acids is 1. The summed E-state index contributed by atoms with van der Waals surface area (Å²) in [6.07, 6.45) is 2.78. The number of para-hydroxylation sites is 1. The maximum atomic E-state index is 10.6. The van der Waals surface area contributed by atoms with Crippen molar-refractivity contribution >= 4 is 17.4 Å². The highest BCUT2D eigenvalue weighted by Gasteiger charge is 2.42. The first-order valence-electron chi connectivity index (χ1n) is 5.58. The van der Waals surface area contributed by atoms with Crippen LogP contribution in [0.5, 0.6) is 0 Å². The fraction of sp³-hybridized carbons (Fsp3) is 0.286. The van der Waals surface area contributed by atoms with Crippen LogP contribution in [0.15, 0.2) is 36.5 Å². The van der Waals surface area contributed by atoms with Crippen LogP contribution in [0, 0.1) is 0 Å². The number of aliphatic carboxylic acids is 1. The van der Waals surface area contributed by atoms with Crippen LogP contribution in [-0.4, -0.2) is 21.4 Å². The smallest absolute Gasteiger partial charge is 0.334 e. The Balaban J connectivity index is 2.58. The lowest BCUT2D eigenvalue weighted by Gasteiger charge is -2.14. The molecule has 0 atom stereocenters. The summed E-state index contributed by atoms with van der Waals surface area (Å²) >= 11 is 0. The molecule has 0 amide bonds. The molecule has 1 aromatic carbocycles. The number of nitrogens with zero attached hydrogens (tertiary/aromatic N) is 1. The summed E-state index contributed by atoms with van der Waals surface area (Å²) in [5.74, 6) is -0.931. The molecule has 0 bridgehead atoms. The Labute approximate surface area is 101 Å². The summed E-state index contributed by atoms with van der Waals surface area (Å²) in [5.41, 5.74) is 3.37. The number of benzene rings is 1. The van der Waals surface area contributed by atoms with E-state index in [-0.39, 0.29) is 5.41 Å². The highest BCUT2D eigenvalue weighted by atomic mass is 16.4. The number of hydrogen-bond acceptors (Lipinski definition) is 1. The van der Waals surface area contributed by atoms with Gasteiger partial charge >= 0.3 is 5.97 Å². The van der Waals surface area contributed by atoms with Crippen molar-refractivity contribution in [3.8, 4) is 0 Å². The number of hydrogen-bond donors (Lipinski definition) is 1. The molecule has 0 saturated carbocycles. The van der Waals surface area contributed by atoms with Crippen molar-refractivity contribution in [3.63, 3.8) is 0 Å².